The van der Waals surface area contributed by atoms with Gasteiger partial charge in [-0.15, -0.1) is 11.8 Å². The van der Waals surface area contributed by atoms with Gasteiger partial charge in [0.25, 0.3) is 5.91 Å². The monoisotopic (exact) mass is 515 g/mol. The Bertz CT molecular complexity index is 1440. The summed E-state index contributed by atoms with van der Waals surface area (Å²) in [5.41, 5.74) is 2.77. The highest BCUT2D eigenvalue weighted by atomic mass is 32.2. The lowest BCUT2D eigenvalue weighted by Gasteiger charge is -2.46. The maximum Gasteiger partial charge on any atom is 0.408 e. The van der Waals surface area contributed by atoms with E-state index in [2.05, 4.69) is 0 Å². The molecular weight excluding hydrogens is 491 g/mol. The zero-order chi connectivity index (χ0) is 25.9. The summed E-state index contributed by atoms with van der Waals surface area (Å²) >= 11 is 1.64. The Kier molecular flexibility index (Phi) is 5.82. The normalized spacial score (nSPS) is 18.3. The SMILES string of the molecule is Cc1cccc2c1CSc1ccccc1[C@H]2N1CN([C@H](C)C(F)(F)F)C(=O)c2c(O)c(=O)c(C)cn21. The van der Waals surface area contributed by atoms with Crippen LogP contribution in [0.5, 0.6) is 5.75 Å². The summed E-state index contributed by atoms with van der Waals surface area (Å²) in [5.74, 6) is -1.23. The molecule has 0 radical (unpaired) electrons. The first kappa shape index (κ1) is 24.3. The van der Waals surface area contributed by atoms with E-state index in [0.29, 0.717) is 10.7 Å². The van der Waals surface area contributed by atoms with E-state index in [1.54, 1.807) is 16.8 Å². The standard InChI is InChI=1S/C26H24F3N3O3S/c1-14-7-6-9-17-19(14)12-36-20-10-5-4-8-18(20)21(17)32-13-30(16(3)26(27,28)29)25(35)22-24(34)23(33)15(2)11-31(22)32/h4-11,16,21,34H,12-13H2,1-3H3/t16-,21+/m1/s1. The number of pyridine rings is 1. The highest BCUT2D eigenvalue weighted by Gasteiger charge is 2.47. The van der Waals surface area contributed by atoms with Gasteiger partial charge >= 0.3 is 6.18 Å². The molecule has 0 bridgehead atoms. The van der Waals surface area contributed by atoms with Crippen molar-refractivity contribution >= 4 is 17.7 Å². The third-order valence-corrected chi connectivity index (χ3v) is 8.06. The Balaban J connectivity index is 1.81. The quantitative estimate of drug-likeness (QED) is 0.528. The molecular formula is C26H24F3N3O3S. The number of benzene rings is 2. The Morgan fingerprint density at radius 2 is 1.72 bits per heavy atom. The van der Waals surface area contributed by atoms with E-state index in [4.69, 9.17) is 0 Å². The number of fused-ring (bicyclic) bond motifs is 3. The van der Waals surface area contributed by atoms with Gasteiger partial charge in [0.1, 0.15) is 12.7 Å². The van der Waals surface area contributed by atoms with E-state index >= 15 is 0 Å². The molecule has 3 aromatic rings. The second-order valence-corrected chi connectivity index (χ2v) is 10.1. The van der Waals surface area contributed by atoms with E-state index in [-0.39, 0.29) is 5.56 Å². The van der Waals surface area contributed by atoms with Crippen molar-refractivity contribution in [3.8, 4) is 5.75 Å². The van der Waals surface area contributed by atoms with Gasteiger partial charge in [-0.2, -0.15) is 13.2 Å². The van der Waals surface area contributed by atoms with Gasteiger partial charge in [-0.05, 0) is 49.1 Å². The summed E-state index contributed by atoms with van der Waals surface area (Å²) in [6.07, 6.45) is -3.28. The molecule has 5 rings (SSSR count). The van der Waals surface area contributed by atoms with Gasteiger partial charge in [-0.3, -0.25) is 19.3 Å². The first-order valence-electron chi connectivity index (χ1n) is 11.4. The van der Waals surface area contributed by atoms with Crippen LogP contribution in [-0.4, -0.2) is 39.5 Å². The van der Waals surface area contributed by atoms with Crippen molar-refractivity contribution in [1.29, 1.82) is 0 Å². The number of aryl methyl sites for hydroxylation is 2. The number of thioether (sulfide) groups is 1. The fourth-order valence-electron chi connectivity index (χ4n) is 4.87. The third kappa shape index (κ3) is 3.75. The second-order valence-electron chi connectivity index (χ2n) is 9.13. The average Bonchev–Trinajstić information content (AvgIpc) is 2.99. The van der Waals surface area contributed by atoms with Gasteiger partial charge in [0.05, 0.1) is 6.04 Å². The smallest absolute Gasteiger partial charge is 0.408 e. The van der Waals surface area contributed by atoms with Crippen molar-refractivity contribution in [2.24, 2.45) is 0 Å². The number of aromatic hydroxyl groups is 1. The Morgan fingerprint density at radius 1 is 1.03 bits per heavy atom. The molecule has 1 N–H and O–H groups in total. The van der Waals surface area contributed by atoms with Crippen LogP contribution in [0.1, 0.15) is 51.3 Å². The van der Waals surface area contributed by atoms with Crippen molar-refractivity contribution < 1.29 is 23.1 Å². The number of halogens is 3. The van der Waals surface area contributed by atoms with Crippen molar-refractivity contribution in [1.82, 2.24) is 9.58 Å². The summed E-state index contributed by atoms with van der Waals surface area (Å²) in [5, 5.41) is 12.3. The molecule has 0 saturated carbocycles. The molecule has 1 aromatic heterocycles. The zero-order valence-electron chi connectivity index (χ0n) is 19.8. The predicted octanol–water partition coefficient (Wildman–Crippen LogP) is 4.87. The van der Waals surface area contributed by atoms with E-state index < -0.39 is 47.7 Å². The summed E-state index contributed by atoms with van der Waals surface area (Å²) in [6.45, 7) is 4.00. The molecule has 2 aromatic carbocycles. The number of hydrogen-bond acceptors (Lipinski definition) is 5. The molecule has 6 nitrogen and oxygen atoms in total. The van der Waals surface area contributed by atoms with Crippen LogP contribution in [0.3, 0.4) is 0 Å². The number of aromatic nitrogens is 1. The van der Waals surface area contributed by atoms with Crippen LogP contribution >= 0.6 is 11.8 Å². The van der Waals surface area contributed by atoms with E-state index in [1.807, 2.05) is 49.4 Å². The second kappa shape index (κ2) is 8.62. The molecule has 0 spiro atoms. The molecule has 2 atom stereocenters. The number of amides is 1. The van der Waals surface area contributed by atoms with Crippen molar-refractivity contribution in [3.05, 3.63) is 92.4 Å². The minimum absolute atomic E-state index is 0.173. The summed E-state index contributed by atoms with van der Waals surface area (Å²) < 4.78 is 42.9. The van der Waals surface area contributed by atoms with Crippen LogP contribution in [0.15, 0.2) is 58.4 Å². The van der Waals surface area contributed by atoms with Crippen molar-refractivity contribution in [2.45, 2.75) is 49.7 Å². The molecule has 1 amide bonds. The minimum atomic E-state index is -4.70. The van der Waals surface area contributed by atoms with Crippen molar-refractivity contribution in [2.75, 3.05) is 11.7 Å². The minimum Gasteiger partial charge on any atom is -0.502 e. The number of hydrogen-bond donors (Lipinski definition) is 1. The summed E-state index contributed by atoms with van der Waals surface area (Å²) in [7, 11) is 0. The van der Waals surface area contributed by atoms with Crippen molar-refractivity contribution in [3.63, 3.8) is 0 Å². The molecule has 0 saturated heterocycles. The maximum absolute atomic E-state index is 13.8. The van der Waals surface area contributed by atoms with Gasteiger partial charge in [0, 0.05) is 22.4 Å². The fraction of sp³-hybridized carbons (Fsp3) is 0.308. The van der Waals surface area contributed by atoms with Gasteiger partial charge in [-0.25, -0.2) is 0 Å². The first-order chi connectivity index (χ1) is 17.0. The Labute approximate surface area is 209 Å². The number of alkyl halides is 3. The lowest BCUT2D eigenvalue weighted by Crippen LogP contribution is -2.60. The lowest BCUT2D eigenvalue weighted by molar-refractivity contribution is -0.173. The van der Waals surface area contributed by atoms with Crippen LogP contribution in [-0.2, 0) is 5.75 Å². The largest absolute Gasteiger partial charge is 0.502 e. The van der Waals surface area contributed by atoms with Crippen LogP contribution in [0.2, 0.25) is 0 Å². The molecule has 0 fully saturated rings. The van der Waals surface area contributed by atoms with Gasteiger partial charge < -0.3 is 10.0 Å². The van der Waals surface area contributed by atoms with Crippen LogP contribution < -0.4 is 10.4 Å². The number of rotatable bonds is 2. The molecule has 2 aliphatic heterocycles. The predicted molar refractivity (Wildman–Crippen MR) is 131 cm³/mol. The van der Waals surface area contributed by atoms with E-state index in [0.717, 1.165) is 34.1 Å². The Morgan fingerprint density at radius 3 is 2.44 bits per heavy atom. The summed E-state index contributed by atoms with van der Waals surface area (Å²) in [4.78, 5) is 27.5. The molecule has 188 valence electrons. The lowest BCUT2D eigenvalue weighted by atomic mass is 9.92. The highest BCUT2D eigenvalue weighted by Crippen LogP contribution is 2.44. The number of carbonyl (C=O) groups is 1. The third-order valence-electron chi connectivity index (χ3n) is 6.95. The molecule has 0 aliphatic carbocycles. The van der Waals surface area contributed by atoms with E-state index in [1.165, 1.54) is 17.8 Å². The highest BCUT2D eigenvalue weighted by molar-refractivity contribution is 7.98. The van der Waals surface area contributed by atoms with Crippen LogP contribution in [0.4, 0.5) is 13.2 Å². The van der Waals surface area contributed by atoms with Gasteiger partial charge in [0.2, 0.25) is 5.43 Å². The molecule has 0 unspecified atom stereocenters. The van der Waals surface area contributed by atoms with Crippen LogP contribution in [0.25, 0.3) is 0 Å². The maximum atomic E-state index is 13.8. The number of carbonyl (C=O) groups excluding carboxylic acids is 1. The van der Waals surface area contributed by atoms with Gasteiger partial charge in [-0.1, -0.05) is 36.4 Å². The molecule has 36 heavy (non-hydrogen) atoms. The first-order valence-corrected chi connectivity index (χ1v) is 12.4. The average molecular weight is 516 g/mol. The fourth-order valence-corrected chi connectivity index (χ4v) is 6.09. The molecule has 3 heterocycles. The Hall–Kier alpha value is -3.40. The molecule has 2 aliphatic rings. The molecule has 10 heteroatoms. The van der Waals surface area contributed by atoms with E-state index in [9.17, 15) is 27.9 Å². The van der Waals surface area contributed by atoms with Gasteiger partial charge in [0.15, 0.2) is 11.4 Å². The topological polar surface area (TPSA) is 65.8 Å². The van der Waals surface area contributed by atoms with Crippen LogP contribution in [0, 0.1) is 13.8 Å². The zero-order valence-corrected chi connectivity index (χ0v) is 20.7. The summed E-state index contributed by atoms with van der Waals surface area (Å²) in [6, 6.07) is 10.8. The number of nitrogens with zero attached hydrogens (tertiary/aromatic N) is 3.